The van der Waals surface area contributed by atoms with Gasteiger partial charge in [-0.25, -0.2) is 4.79 Å². The van der Waals surface area contributed by atoms with Crippen LogP contribution in [-0.2, 0) is 16.0 Å². The molecule has 26 heavy (non-hydrogen) atoms. The van der Waals surface area contributed by atoms with Crippen molar-refractivity contribution in [2.24, 2.45) is 0 Å². The molecule has 1 aliphatic rings. The van der Waals surface area contributed by atoms with E-state index < -0.39 is 18.4 Å². The van der Waals surface area contributed by atoms with E-state index in [-0.39, 0.29) is 10.5 Å². The first-order valence-electron chi connectivity index (χ1n) is 7.73. The van der Waals surface area contributed by atoms with Crippen molar-refractivity contribution in [1.82, 2.24) is 9.59 Å². The molecule has 3 rings (SSSR count). The van der Waals surface area contributed by atoms with Gasteiger partial charge >= 0.3 is 5.97 Å². The van der Waals surface area contributed by atoms with Crippen LogP contribution in [0, 0.1) is 11.3 Å². The molecule has 0 spiro atoms. The van der Waals surface area contributed by atoms with Crippen molar-refractivity contribution >= 4 is 40.7 Å². The van der Waals surface area contributed by atoms with Crippen LogP contribution in [0.15, 0.2) is 39.8 Å². The first-order valence-corrected chi connectivity index (χ1v) is 9.32. The van der Waals surface area contributed by atoms with Crippen molar-refractivity contribution in [3.63, 3.8) is 0 Å². The van der Waals surface area contributed by atoms with Crippen LogP contribution in [0.1, 0.15) is 22.3 Å². The third-order valence-corrected chi connectivity index (χ3v) is 5.74. The van der Waals surface area contributed by atoms with Gasteiger partial charge in [0, 0.05) is 11.9 Å². The number of thioether (sulfide) groups is 1. The summed E-state index contributed by atoms with van der Waals surface area (Å²) >= 11 is 2.28. The molecule has 0 atom stereocenters. The molecule has 0 bridgehead atoms. The Morgan fingerprint density at radius 1 is 1.35 bits per heavy atom. The highest BCUT2D eigenvalue weighted by Gasteiger charge is 2.28. The monoisotopic (exact) mass is 386 g/mol. The highest BCUT2D eigenvalue weighted by molar-refractivity contribution is 8.03. The van der Waals surface area contributed by atoms with E-state index in [2.05, 4.69) is 9.59 Å². The fourth-order valence-electron chi connectivity index (χ4n) is 2.41. The number of Topliss-reactive ketones (excluding diaryl/α,β-unsaturated/α-hetero) is 1. The Labute approximate surface area is 158 Å². The number of nitrogens with zero attached hydrogens (tertiary/aromatic N) is 4. The van der Waals surface area contributed by atoms with Gasteiger partial charge in [-0.05, 0) is 30.1 Å². The van der Waals surface area contributed by atoms with Gasteiger partial charge in [0.05, 0.1) is 11.4 Å². The lowest BCUT2D eigenvalue weighted by atomic mass is 10.2. The van der Waals surface area contributed by atoms with Crippen molar-refractivity contribution in [3.05, 3.63) is 45.4 Å². The van der Waals surface area contributed by atoms with Crippen LogP contribution >= 0.6 is 23.3 Å². The molecule has 1 aromatic heterocycles. The standard InChI is InChI=1S/C17H14N4O3S2/c1-3-11-15(26-20-19-11)17(23)24-9-13(22)10(8-18)16-21(2)12-6-4-5-7-14(12)25-16/h4-7H,3,9H2,1-2H3/b16-10-. The van der Waals surface area contributed by atoms with Crippen LogP contribution in [0.25, 0.3) is 0 Å². The van der Waals surface area contributed by atoms with E-state index in [1.165, 1.54) is 11.8 Å². The van der Waals surface area contributed by atoms with Crippen LogP contribution in [-0.4, -0.2) is 35.0 Å². The van der Waals surface area contributed by atoms with Crippen LogP contribution in [0.3, 0.4) is 0 Å². The molecule has 0 radical (unpaired) electrons. The maximum atomic E-state index is 12.5. The Bertz CT molecular complexity index is 945. The van der Waals surface area contributed by atoms with Gasteiger partial charge in [-0.1, -0.05) is 35.3 Å². The first kappa shape index (κ1) is 18.1. The second kappa shape index (κ2) is 7.68. The van der Waals surface area contributed by atoms with E-state index in [0.717, 1.165) is 22.1 Å². The minimum absolute atomic E-state index is 0.0281. The second-order valence-corrected chi connectivity index (χ2v) is 7.11. The molecule has 0 amide bonds. The lowest BCUT2D eigenvalue weighted by Gasteiger charge is -2.14. The summed E-state index contributed by atoms with van der Waals surface area (Å²) in [6.45, 7) is 1.35. The lowest BCUT2D eigenvalue weighted by Crippen LogP contribution is -2.20. The van der Waals surface area contributed by atoms with Crippen molar-refractivity contribution in [2.45, 2.75) is 18.2 Å². The SMILES string of the molecule is CCc1nnsc1C(=O)OCC(=O)/C(C#N)=C1\Sc2ccccc2N1C. The van der Waals surface area contributed by atoms with E-state index in [4.69, 9.17) is 4.74 Å². The molecule has 2 aromatic rings. The highest BCUT2D eigenvalue weighted by Crippen LogP contribution is 2.46. The predicted molar refractivity (Wildman–Crippen MR) is 97.9 cm³/mol. The quantitative estimate of drug-likeness (QED) is 0.440. The number of ketones is 1. The number of hydrogen-bond donors (Lipinski definition) is 0. The van der Waals surface area contributed by atoms with E-state index >= 15 is 0 Å². The summed E-state index contributed by atoms with van der Waals surface area (Å²) in [5.41, 5.74) is 1.43. The number of carbonyl (C=O) groups is 2. The molecule has 7 nitrogen and oxygen atoms in total. The molecular formula is C17H14N4O3S2. The summed E-state index contributed by atoms with van der Waals surface area (Å²) in [4.78, 5) is 27.6. The number of aromatic nitrogens is 2. The minimum atomic E-state index is -0.650. The van der Waals surface area contributed by atoms with Crippen LogP contribution < -0.4 is 4.90 Å². The normalized spacial score (nSPS) is 14.6. The van der Waals surface area contributed by atoms with Crippen molar-refractivity contribution in [3.8, 4) is 6.07 Å². The third kappa shape index (κ3) is 3.34. The number of carbonyl (C=O) groups excluding carboxylic acids is 2. The largest absolute Gasteiger partial charge is 0.453 e. The number of para-hydroxylation sites is 1. The van der Waals surface area contributed by atoms with Crippen molar-refractivity contribution < 1.29 is 14.3 Å². The van der Waals surface area contributed by atoms with Gasteiger partial charge in [-0.3, -0.25) is 4.79 Å². The zero-order chi connectivity index (χ0) is 18.7. The molecule has 2 heterocycles. The van der Waals surface area contributed by atoms with E-state index in [0.29, 0.717) is 17.1 Å². The molecular weight excluding hydrogens is 372 g/mol. The molecule has 0 fully saturated rings. The lowest BCUT2D eigenvalue weighted by molar-refractivity contribution is -0.118. The second-order valence-electron chi connectivity index (χ2n) is 5.32. The summed E-state index contributed by atoms with van der Waals surface area (Å²) in [5.74, 6) is -1.19. The number of esters is 1. The number of ether oxygens (including phenoxy) is 1. The third-order valence-electron chi connectivity index (χ3n) is 3.75. The Morgan fingerprint density at radius 3 is 2.81 bits per heavy atom. The van der Waals surface area contributed by atoms with Gasteiger partial charge in [0.2, 0.25) is 5.78 Å². The average molecular weight is 386 g/mol. The first-order chi connectivity index (χ1) is 12.6. The van der Waals surface area contributed by atoms with Crippen LogP contribution in [0.2, 0.25) is 0 Å². The number of hydrogen-bond acceptors (Lipinski definition) is 9. The minimum Gasteiger partial charge on any atom is -0.453 e. The highest BCUT2D eigenvalue weighted by atomic mass is 32.2. The summed E-state index contributed by atoms with van der Waals surface area (Å²) in [6, 6.07) is 9.57. The Morgan fingerprint density at radius 2 is 2.12 bits per heavy atom. The summed E-state index contributed by atoms with van der Waals surface area (Å²) < 4.78 is 8.80. The van der Waals surface area contributed by atoms with Gasteiger partial charge in [-0.15, -0.1) is 5.10 Å². The molecule has 0 aliphatic carbocycles. The van der Waals surface area contributed by atoms with Gasteiger partial charge in [0.15, 0.2) is 11.5 Å². The maximum Gasteiger partial charge on any atom is 0.352 e. The fraction of sp³-hybridized carbons (Fsp3) is 0.235. The molecule has 132 valence electrons. The number of fused-ring (bicyclic) bond motifs is 1. The molecule has 0 unspecified atom stereocenters. The summed E-state index contributed by atoms with van der Waals surface area (Å²) in [7, 11) is 1.79. The average Bonchev–Trinajstić information content (AvgIpc) is 3.26. The van der Waals surface area contributed by atoms with Crippen molar-refractivity contribution in [2.75, 3.05) is 18.6 Å². The molecule has 1 aliphatic heterocycles. The van der Waals surface area contributed by atoms with E-state index in [1.807, 2.05) is 37.3 Å². The van der Waals surface area contributed by atoms with E-state index in [9.17, 15) is 14.9 Å². The number of anilines is 1. The van der Waals surface area contributed by atoms with Crippen LogP contribution in [0.5, 0.6) is 0 Å². The Balaban J connectivity index is 1.75. The number of benzene rings is 1. The van der Waals surface area contributed by atoms with Crippen LogP contribution in [0.4, 0.5) is 5.69 Å². The zero-order valence-electron chi connectivity index (χ0n) is 14.1. The van der Waals surface area contributed by atoms with Crippen molar-refractivity contribution in [1.29, 1.82) is 5.26 Å². The predicted octanol–water partition coefficient (Wildman–Crippen LogP) is 2.80. The van der Waals surface area contributed by atoms with E-state index in [1.54, 1.807) is 11.9 Å². The molecule has 1 aromatic carbocycles. The van der Waals surface area contributed by atoms with Gasteiger partial charge in [0.1, 0.15) is 16.7 Å². The number of aryl methyl sites for hydroxylation is 1. The molecule has 0 saturated carbocycles. The maximum absolute atomic E-state index is 12.5. The van der Waals surface area contributed by atoms with Gasteiger partial charge in [0.25, 0.3) is 0 Å². The summed E-state index contributed by atoms with van der Waals surface area (Å²) in [5, 5.41) is 13.8. The number of nitriles is 1. The zero-order valence-corrected chi connectivity index (χ0v) is 15.7. The molecule has 0 saturated heterocycles. The fourth-order valence-corrected chi connectivity index (χ4v) is 4.22. The smallest absolute Gasteiger partial charge is 0.352 e. The Kier molecular flexibility index (Phi) is 5.35. The Hall–Kier alpha value is -2.70. The molecule has 9 heteroatoms. The topological polar surface area (TPSA) is 96.2 Å². The number of rotatable bonds is 5. The van der Waals surface area contributed by atoms with Gasteiger partial charge < -0.3 is 9.64 Å². The summed E-state index contributed by atoms with van der Waals surface area (Å²) in [6.07, 6.45) is 0.544. The van der Waals surface area contributed by atoms with Gasteiger partial charge in [-0.2, -0.15) is 5.26 Å². The molecule has 0 N–H and O–H groups in total.